The van der Waals surface area contributed by atoms with E-state index in [0.717, 1.165) is 5.69 Å². The molecule has 6 nitrogen and oxygen atoms in total. The molecule has 0 aliphatic carbocycles. The maximum atomic E-state index is 5.91. The van der Waals surface area contributed by atoms with Crippen molar-refractivity contribution in [3.8, 4) is 0 Å². The first-order chi connectivity index (χ1) is 7.16. The highest BCUT2D eigenvalue weighted by Gasteiger charge is 2.06. The fraction of sp³-hybridized carbons (Fsp3) is 0.125. The van der Waals surface area contributed by atoms with Crippen LogP contribution in [0, 0.1) is 0 Å². The quantitative estimate of drug-likeness (QED) is 0.801. The molecule has 2 heterocycles. The lowest BCUT2D eigenvalue weighted by Crippen LogP contribution is -1.99. The highest BCUT2D eigenvalue weighted by molar-refractivity contribution is 6.35. The monoisotopic (exact) mass is 224 g/mol. The van der Waals surface area contributed by atoms with Gasteiger partial charge in [-0.1, -0.05) is 11.6 Å². The molecule has 0 aliphatic rings. The van der Waals surface area contributed by atoms with Gasteiger partial charge in [-0.15, -0.1) is 0 Å². The normalized spacial score (nSPS) is 10.3. The number of nitrogens with zero attached hydrogens (tertiary/aromatic N) is 4. The van der Waals surface area contributed by atoms with Crippen LogP contribution in [-0.2, 0) is 7.05 Å². The molecule has 0 amide bonds. The van der Waals surface area contributed by atoms with Crippen molar-refractivity contribution in [2.45, 2.75) is 0 Å². The summed E-state index contributed by atoms with van der Waals surface area (Å²) in [5.41, 5.74) is 6.32. The van der Waals surface area contributed by atoms with E-state index >= 15 is 0 Å². The zero-order chi connectivity index (χ0) is 10.8. The molecule has 15 heavy (non-hydrogen) atoms. The molecule has 2 aromatic heterocycles. The number of hydrogen-bond acceptors (Lipinski definition) is 5. The second-order valence-electron chi connectivity index (χ2n) is 2.95. The summed E-state index contributed by atoms with van der Waals surface area (Å²) in [6, 6.07) is 0. The fourth-order valence-electron chi connectivity index (χ4n) is 1.09. The second-order valence-corrected chi connectivity index (χ2v) is 3.33. The van der Waals surface area contributed by atoms with Gasteiger partial charge >= 0.3 is 0 Å². The molecule has 0 unspecified atom stereocenters. The molecule has 7 heteroatoms. The zero-order valence-electron chi connectivity index (χ0n) is 7.98. The van der Waals surface area contributed by atoms with Crippen molar-refractivity contribution in [2.24, 2.45) is 7.05 Å². The molecule has 0 saturated carbocycles. The van der Waals surface area contributed by atoms with Gasteiger partial charge in [0.1, 0.15) is 17.2 Å². The number of nitrogens with two attached hydrogens (primary N) is 1. The van der Waals surface area contributed by atoms with Crippen molar-refractivity contribution in [2.75, 3.05) is 11.1 Å². The van der Waals surface area contributed by atoms with Crippen molar-refractivity contribution < 1.29 is 0 Å². The Balaban J connectivity index is 2.28. The Kier molecular flexibility index (Phi) is 2.42. The van der Waals surface area contributed by atoms with Gasteiger partial charge in [0.15, 0.2) is 5.82 Å². The van der Waals surface area contributed by atoms with Crippen molar-refractivity contribution >= 4 is 28.9 Å². The highest BCUT2D eigenvalue weighted by atomic mass is 35.5. The standard InChI is InChI=1S/C8H9ClN6/c1-15-3-5(2-13-15)14-8-6(9)7(10)11-4-12-8/h2-4H,1H3,(H3,10,11,12,14). The van der Waals surface area contributed by atoms with Crippen LogP contribution >= 0.6 is 11.6 Å². The first kappa shape index (κ1) is 9.72. The van der Waals surface area contributed by atoms with Crippen LogP contribution in [0.15, 0.2) is 18.7 Å². The maximum absolute atomic E-state index is 5.91. The van der Waals surface area contributed by atoms with Gasteiger partial charge in [0, 0.05) is 13.2 Å². The summed E-state index contributed by atoms with van der Waals surface area (Å²) in [5, 5.41) is 7.30. The van der Waals surface area contributed by atoms with Crippen LogP contribution in [0.3, 0.4) is 0 Å². The molecular weight excluding hydrogens is 216 g/mol. The molecule has 0 saturated heterocycles. The van der Waals surface area contributed by atoms with Gasteiger partial charge in [-0.3, -0.25) is 4.68 Å². The summed E-state index contributed by atoms with van der Waals surface area (Å²) < 4.78 is 1.67. The summed E-state index contributed by atoms with van der Waals surface area (Å²) in [5.74, 6) is 0.718. The number of aryl methyl sites for hydroxylation is 1. The smallest absolute Gasteiger partial charge is 0.154 e. The number of nitrogen functional groups attached to an aromatic ring is 1. The van der Waals surface area contributed by atoms with Crippen LogP contribution in [0.4, 0.5) is 17.3 Å². The average molecular weight is 225 g/mol. The van der Waals surface area contributed by atoms with E-state index in [1.165, 1.54) is 6.33 Å². The number of halogens is 1. The van der Waals surface area contributed by atoms with E-state index in [-0.39, 0.29) is 5.82 Å². The summed E-state index contributed by atoms with van der Waals surface area (Å²) in [4.78, 5) is 7.73. The lowest BCUT2D eigenvalue weighted by molar-refractivity contribution is 0.768. The largest absolute Gasteiger partial charge is 0.382 e. The van der Waals surface area contributed by atoms with Crippen molar-refractivity contribution in [3.63, 3.8) is 0 Å². The third kappa shape index (κ3) is 1.99. The van der Waals surface area contributed by atoms with Crippen LogP contribution in [-0.4, -0.2) is 19.7 Å². The van der Waals surface area contributed by atoms with Crippen molar-refractivity contribution in [3.05, 3.63) is 23.7 Å². The maximum Gasteiger partial charge on any atom is 0.154 e. The number of rotatable bonds is 2. The number of anilines is 3. The Morgan fingerprint density at radius 3 is 2.93 bits per heavy atom. The molecule has 2 aromatic rings. The molecule has 78 valence electrons. The van der Waals surface area contributed by atoms with Crippen LogP contribution in [0.1, 0.15) is 0 Å². The Morgan fingerprint density at radius 1 is 1.47 bits per heavy atom. The summed E-state index contributed by atoms with van der Waals surface area (Å²) >= 11 is 5.91. The molecule has 0 fully saturated rings. The van der Waals surface area contributed by atoms with Gasteiger partial charge < -0.3 is 11.1 Å². The Hall–Kier alpha value is -1.82. The van der Waals surface area contributed by atoms with Gasteiger partial charge in [-0.05, 0) is 0 Å². The first-order valence-corrected chi connectivity index (χ1v) is 4.56. The van der Waals surface area contributed by atoms with E-state index in [4.69, 9.17) is 17.3 Å². The van der Waals surface area contributed by atoms with E-state index < -0.39 is 0 Å². The van der Waals surface area contributed by atoms with E-state index in [1.807, 2.05) is 7.05 Å². The molecule has 0 aliphatic heterocycles. The van der Waals surface area contributed by atoms with Crippen LogP contribution in [0.5, 0.6) is 0 Å². The van der Waals surface area contributed by atoms with Gasteiger partial charge in [-0.25, -0.2) is 9.97 Å². The third-order valence-electron chi connectivity index (χ3n) is 1.78. The first-order valence-electron chi connectivity index (χ1n) is 4.18. The van der Waals surface area contributed by atoms with Crippen LogP contribution < -0.4 is 11.1 Å². The van der Waals surface area contributed by atoms with E-state index in [1.54, 1.807) is 17.1 Å². The molecular formula is C8H9ClN6. The van der Waals surface area contributed by atoms with Gasteiger partial charge in [0.2, 0.25) is 0 Å². The lowest BCUT2D eigenvalue weighted by Gasteiger charge is -2.04. The van der Waals surface area contributed by atoms with Crippen molar-refractivity contribution in [1.82, 2.24) is 19.7 Å². The van der Waals surface area contributed by atoms with E-state index in [0.29, 0.717) is 10.8 Å². The minimum absolute atomic E-state index is 0.248. The average Bonchev–Trinajstić information content (AvgIpc) is 2.59. The van der Waals surface area contributed by atoms with Crippen molar-refractivity contribution in [1.29, 1.82) is 0 Å². The SMILES string of the molecule is Cn1cc(Nc2ncnc(N)c2Cl)cn1. The molecule has 0 bridgehead atoms. The fourth-order valence-corrected chi connectivity index (χ4v) is 1.24. The lowest BCUT2D eigenvalue weighted by atomic mass is 10.5. The van der Waals surface area contributed by atoms with Gasteiger partial charge in [-0.2, -0.15) is 5.10 Å². The summed E-state index contributed by atoms with van der Waals surface area (Å²) in [6.45, 7) is 0. The summed E-state index contributed by atoms with van der Waals surface area (Å²) in [7, 11) is 1.82. The Bertz CT molecular complexity index is 480. The van der Waals surface area contributed by atoms with E-state index in [9.17, 15) is 0 Å². The Labute approximate surface area is 91.1 Å². The predicted octanol–water partition coefficient (Wildman–Crippen LogP) is 1.19. The number of nitrogens with one attached hydrogen (secondary N) is 1. The third-order valence-corrected chi connectivity index (χ3v) is 2.16. The van der Waals surface area contributed by atoms with Gasteiger partial charge in [0.25, 0.3) is 0 Å². The minimum atomic E-state index is 0.248. The molecule has 0 aromatic carbocycles. The molecule has 2 rings (SSSR count). The number of hydrogen-bond donors (Lipinski definition) is 2. The predicted molar refractivity (Wildman–Crippen MR) is 57.9 cm³/mol. The molecule has 0 radical (unpaired) electrons. The van der Waals surface area contributed by atoms with E-state index in [2.05, 4.69) is 20.4 Å². The topological polar surface area (TPSA) is 81.7 Å². The van der Waals surface area contributed by atoms with Gasteiger partial charge in [0.05, 0.1) is 11.9 Å². The highest BCUT2D eigenvalue weighted by Crippen LogP contribution is 2.25. The second kappa shape index (κ2) is 3.74. The Morgan fingerprint density at radius 2 is 2.27 bits per heavy atom. The zero-order valence-corrected chi connectivity index (χ0v) is 8.73. The molecule has 0 spiro atoms. The number of aromatic nitrogens is 4. The molecule has 3 N–H and O–H groups in total. The summed E-state index contributed by atoms with van der Waals surface area (Å²) in [6.07, 6.45) is 4.81. The minimum Gasteiger partial charge on any atom is -0.382 e. The molecule has 0 atom stereocenters. The van der Waals surface area contributed by atoms with Crippen LogP contribution in [0.2, 0.25) is 5.02 Å². The van der Waals surface area contributed by atoms with Crippen LogP contribution in [0.25, 0.3) is 0 Å².